The first-order valence-electron chi connectivity index (χ1n) is 6.15. The lowest BCUT2D eigenvalue weighted by molar-refractivity contribution is 0.681. The lowest BCUT2D eigenvalue weighted by Crippen LogP contribution is -2.04. The molecule has 1 heterocycles. The highest BCUT2D eigenvalue weighted by Gasteiger charge is 2.11. The van der Waals surface area contributed by atoms with Gasteiger partial charge in [-0.15, -0.1) is 0 Å². The Morgan fingerprint density at radius 1 is 1.33 bits per heavy atom. The van der Waals surface area contributed by atoms with Crippen molar-refractivity contribution in [3.05, 3.63) is 29.1 Å². The summed E-state index contributed by atoms with van der Waals surface area (Å²) >= 11 is 0. The maximum absolute atomic E-state index is 4.56. The number of pyridine rings is 1. The molecule has 0 fully saturated rings. The van der Waals surface area contributed by atoms with Crippen LogP contribution in [0.2, 0.25) is 0 Å². The normalized spacial score (nSPS) is 12.8. The minimum absolute atomic E-state index is 0.594. The number of aromatic nitrogens is 1. The second kappa shape index (κ2) is 5.89. The van der Waals surface area contributed by atoms with Gasteiger partial charge in [0, 0.05) is 11.9 Å². The minimum atomic E-state index is 0.594. The van der Waals surface area contributed by atoms with Crippen molar-refractivity contribution < 1.29 is 0 Å². The Balaban J connectivity index is 2.97. The first kappa shape index (κ1) is 12.2. The van der Waals surface area contributed by atoms with Gasteiger partial charge in [0.05, 0.1) is 0 Å². The zero-order valence-corrected chi connectivity index (χ0v) is 10.5. The summed E-state index contributed by atoms with van der Waals surface area (Å²) in [5.41, 5.74) is 4.23. The maximum Gasteiger partial charge on any atom is 0.0466 e. The molecule has 0 saturated heterocycles. The van der Waals surface area contributed by atoms with E-state index in [1.54, 1.807) is 0 Å². The molecule has 0 bridgehead atoms. The molecular weight excluding hydrogens is 182 g/mol. The molecule has 1 rings (SSSR count). The number of aryl methyl sites for hydroxylation is 1. The molecule has 0 aliphatic heterocycles. The van der Waals surface area contributed by atoms with E-state index < -0.39 is 0 Å². The van der Waals surface area contributed by atoms with Crippen molar-refractivity contribution in [3.63, 3.8) is 0 Å². The highest BCUT2D eigenvalue weighted by molar-refractivity contribution is 5.31. The van der Waals surface area contributed by atoms with Gasteiger partial charge in [-0.1, -0.05) is 27.2 Å². The van der Waals surface area contributed by atoms with E-state index in [1.165, 1.54) is 42.5 Å². The molecule has 0 N–H and O–H groups in total. The van der Waals surface area contributed by atoms with Crippen LogP contribution < -0.4 is 0 Å². The maximum atomic E-state index is 4.56. The van der Waals surface area contributed by atoms with Gasteiger partial charge < -0.3 is 0 Å². The third kappa shape index (κ3) is 3.05. The molecule has 1 aromatic heterocycles. The van der Waals surface area contributed by atoms with E-state index in [0.717, 1.165) is 0 Å². The fraction of sp³-hybridized carbons (Fsp3) is 0.643. The van der Waals surface area contributed by atoms with Crippen molar-refractivity contribution in [1.82, 2.24) is 4.98 Å². The third-order valence-corrected chi connectivity index (χ3v) is 3.18. The summed E-state index contributed by atoms with van der Waals surface area (Å²) in [6, 6.07) is 2.14. The van der Waals surface area contributed by atoms with Crippen LogP contribution in [0.5, 0.6) is 0 Å². The standard InChI is InChI=1S/C14H23N/c1-5-7-8-13-12(4)9-10-15-14(13)11(3)6-2/h9-11H,5-8H2,1-4H3. The van der Waals surface area contributed by atoms with Crippen LogP contribution in [0.3, 0.4) is 0 Å². The van der Waals surface area contributed by atoms with E-state index in [0.29, 0.717) is 5.92 Å². The second-order valence-electron chi connectivity index (χ2n) is 4.40. The van der Waals surface area contributed by atoms with Crippen molar-refractivity contribution in [2.45, 2.75) is 59.3 Å². The number of rotatable bonds is 5. The quantitative estimate of drug-likeness (QED) is 0.700. The summed E-state index contributed by atoms with van der Waals surface area (Å²) in [5, 5.41) is 0. The number of unbranched alkanes of at least 4 members (excludes halogenated alkanes) is 1. The van der Waals surface area contributed by atoms with Crippen LogP contribution in [0.15, 0.2) is 12.3 Å². The van der Waals surface area contributed by atoms with Crippen LogP contribution in [0.25, 0.3) is 0 Å². The van der Waals surface area contributed by atoms with Crippen LogP contribution in [0, 0.1) is 6.92 Å². The van der Waals surface area contributed by atoms with Gasteiger partial charge in [0.15, 0.2) is 0 Å². The molecule has 1 nitrogen and oxygen atoms in total. The SMILES string of the molecule is CCCCc1c(C)ccnc1C(C)CC. The fourth-order valence-electron chi connectivity index (χ4n) is 1.91. The van der Waals surface area contributed by atoms with Gasteiger partial charge in [0.2, 0.25) is 0 Å². The first-order valence-corrected chi connectivity index (χ1v) is 6.15. The Kier molecular flexibility index (Phi) is 4.80. The number of hydrogen-bond donors (Lipinski definition) is 0. The summed E-state index contributed by atoms with van der Waals surface area (Å²) in [7, 11) is 0. The molecular formula is C14H23N. The number of nitrogens with zero attached hydrogens (tertiary/aromatic N) is 1. The monoisotopic (exact) mass is 205 g/mol. The van der Waals surface area contributed by atoms with E-state index in [2.05, 4.69) is 38.7 Å². The molecule has 0 aliphatic carbocycles. The Labute approximate surface area is 93.9 Å². The minimum Gasteiger partial charge on any atom is -0.261 e. The van der Waals surface area contributed by atoms with Crippen molar-refractivity contribution >= 4 is 0 Å². The summed E-state index contributed by atoms with van der Waals surface area (Å²) in [6.07, 6.45) is 6.85. The van der Waals surface area contributed by atoms with Crippen molar-refractivity contribution in [2.75, 3.05) is 0 Å². The zero-order valence-electron chi connectivity index (χ0n) is 10.5. The van der Waals surface area contributed by atoms with Gasteiger partial charge in [-0.2, -0.15) is 0 Å². The van der Waals surface area contributed by atoms with E-state index in [9.17, 15) is 0 Å². The van der Waals surface area contributed by atoms with Crippen LogP contribution in [-0.4, -0.2) is 4.98 Å². The van der Waals surface area contributed by atoms with E-state index >= 15 is 0 Å². The Morgan fingerprint density at radius 2 is 2.07 bits per heavy atom. The van der Waals surface area contributed by atoms with Crippen LogP contribution >= 0.6 is 0 Å². The third-order valence-electron chi connectivity index (χ3n) is 3.18. The van der Waals surface area contributed by atoms with Gasteiger partial charge in [-0.25, -0.2) is 0 Å². The molecule has 15 heavy (non-hydrogen) atoms. The largest absolute Gasteiger partial charge is 0.261 e. The predicted molar refractivity (Wildman–Crippen MR) is 66.3 cm³/mol. The summed E-state index contributed by atoms with van der Waals surface area (Å²) < 4.78 is 0. The first-order chi connectivity index (χ1) is 7.20. The average Bonchev–Trinajstić information content (AvgIpc) is 2.26. The second-order valence-corrected chi connectivity index (χ2v) is 4.40. The summed E-state index contributed by atoms with van der Waals surface area (Å²) in [5.74, 6) is 0.594. The zero-order chi connectivity index (χ0) is 11.3. The molecule has 0 spiro atoms. The van der Waals surface area contributed by atoms with Crippen LogP contribution in [-0.2, 0) is 6.42 Å². The van der Waals surface area contributed by atoms with Crippen LogP contribution in [0.4, 0.5) is 0 Å². The smallest absolute Gasteiger partial charge is 0.0466 e. The molecule has 84 valence electrons. The molecule has 0 radical (unpaired) electrons. The molecule has 0 aromatic carbocycles. The van der Waals surface area contributed by atoms with Crippen molar-refractivity contribution in [2.24, 2.45) is 0 Å². The van der Waals surface area contributed by atoms with Gasteiger partial charge in [-0.3, -0.25) is 4.98 Å². The molecule has 1 heteroatoms. The van der Waals surface area contributed by atoms with Crippen LogP contribution in [0.1, 0.15) is 62.8 Å². The fourth-order valence-corrected chi connectivity index (χ4v) is 1.91. The van der Waals surface area contributed by atoms with E-state index in [1.807, 2.05) is 6.20 Å². The Bertz CT molecular complexity index is 304. The Morgan fingerprint density at radius 3 is 2.67 bits per heavy atom. The molecule has 1 aromatic rings. The average molecular weight is 205 g/mol. The molecule has 0 saturated carbocycles. The van der Waals surface area contributed by atoms with Gasteiger partial charge >= 0.3 is 0 Å². The van der Waals surface area contributed by atoms with Crippen molar-refractivity contribution in [3.8, 4) is 0 Å². The topological polar surface area (TPSA) is 12.9 Å². The van der Waals surface area contributed by atoms with E-state index in [-0.39, 0.29) is 0 Å². The lowest BCUT2D eigenvalue weighted by atomic mass is 9.93. The highest BCUT2D eigenvalue weighted by Crippen LogP contribution is 2.24. The highest BCUT2D eigenvalue weighted by atomic mass is 14.7. The van der Waals surface area contributed by atoms with Gasteiger partial charge in [0.25, 0.3) is 0 Å². The predicted octanol–water partition coefficient (Wildman–Crippen LogP) is 4.25. The van der Waals surface area contributed by atoms with Gasteiger partial charge in [0.1, 0.15) is 0 Å². The van der Waals surface area contributed by atoms with E-state index in [4.69, 9.17) is 0 Å². The molecule has 0 amide bonds. The summed E-state index contributed by atoms with van der Waals surface area (Å²) in [6.45, 7) is 8.96. The molecule has 0 aliphatic rings. The number of hydrogen-bond acceptors (Lipinski definition) is 1. The van der Waals surface area contributed by atoms with Crippen molar-refractivity contribution in [1.29, 1.82) is 0 Å². The molecule has 1 unspecified atom stereocenters. The van der Waals surface area contributed by atoms with Gasteiger partial charge in [-0.05, 0) is 49.3 Å². The molecule has 1 atom stereocenters. The summed E-state index contributed by atoms with van der Waals surface area (Å²) in [4.78, 5) is 4.56. The lowest BCUT2D eigenvalue weighted by Gasteiger charge is -2.15. The Hall–Kier alpha value is -0.850.